The van der Waals surface area contributed by atoms with Crippen molar-refractivity contribution in [2.45, 2.75) is 33.1 Å². The standard InChI is InChI=1S/C24H24FN3O2/c1-4-24(30)28(3)22-11-9-18(13-20(22)25)19-8-10-21(27-15-19)23(29)12-7-17-6-5-16(2)26-14-17/h5-6,8-11,13-15H,4,7,12H2,1-3H3. The zero-order chi connectivity index (χ0) is 21.7. The Bertz CT molecular complexity index is 1050. The maximum atomic E-state index is 14.5. The Morgan fingerprint density at radius 2 is 1.77 bits per heavy atom. The van der Waals surface area contributed by atoms with Crippen LogP contribution in [0.5, 0.6) is 0 Å². The van der Waals surface area contributed by atoms with E-state index in [2.05, 4.69) is 9.97 Å². The van der Waals surface area contributed by atoms with Gasteiger partial charge in [0, 0.05) is 43.5 Å². The first-order valence-electron chi connectivity index (χ1n) is 9.86. The Kier molecular flexibility index (Phi) is 6.67. The van der Waals surface area contributed by atoms with Crippen LogP contribution < -0.4 is 4.90 Å². The van der Waals surface area contributed by atoms with Gasteiger partial charge in [-0.25, -0.2) is 4.39 Å². The van der Waals surface area contributed by atoms with Crippen LogP contribution in [-0.2, 0) is 11.2 Å². The summed E-state index contributed by atoms with van der Waals surface area (Å²) in [6.45, 7) is 3.65. The summed E-state index contributed by atoms with van der Waals surface area (Å²) in [5.41, 5.74) is 3.89. The van der Waals surface area contributed by atoms with Gasteiger partial charge in [-0.1, -0.05) is 25.1 Å². The molecule has 0 fully saturated rings. The highest BCUT2D eigenvalue weighted by molar-refractivity contribution is 5.95. The average molecular weight is 405 g/mol. The number of aryl methyl sites for hydroxylation is 2. The normalized spacial score (nSPS) is 10.7. The molecular formula is C24H24FN3O2. The van der Waals surface area contributed by atoms with E-state index in [4.69, 9.17) is 0 Å². The van der Waals surface area contributed by atoms with E-state index >= 15 is 0 Å². The van der Waals surface area contributed by atoms with Crippen molar-refractivity contribution in [1.29, 1.82) is 0 Å². The molecule has 6 heteroatoms. The number of carbonyl (C=O) groups is 2. The van der Waals surface area contributed by atoms with Gasteiger partial charge in [0.15, 0.2) is 5.78 Å². The monoisotopic (exact) mass is 405 g/mol. The molecule has 30 heavy (non-hydrogen) atoms. The lowest BCUT2D eigenvalue weighted by Gasteiger charge is -2.17. The molecule has 0 aliphatic carbocycles. The summed E-state index contributed by atoms with van der Waals surface area (Å²) < 4.78 is 14.5. The molecular weight excluding hydrogens is 381 g/mol. The number of Topliss-reactive ketones (excluding diaryl/α,β-unsaturated/α-hetero) is 1. The molecule has 0 saturated carbocycles. The molecule has 0 aliphatic heterocycles. The first-order valence-corrected chi connectivity index (χ1v) is 9.86. The lowest BCUT2D eigenvalue weighted by atomic mass is 10.0. The highest BCUT2D eigenvalue weighted by Gasteiger charge is 2.14. The van der Waals surface area contributed by atoms with Crippen LogP contribution in [0.2, 0.25) is 0 Å². The minimum Gasteiger partial charge on any atom is -0.313 e. The van der Waals surface area contributed by atoms with Crippen LogP contribution >= 0.6 is 0 Å². The van der Waals surface area contributed by atoms with Crippen LogP contribution in [0, 0.1) is 12.7 Å². The van der Waals surface area contributed by atoms with Crippen molar-refractivity contribution in [3.63, 3.8) is 0 Å². The van der Waals surface area contributed by atoms with Crippen molar-refractivity contribution in [3.8, 4) is 11.1 Å². The summed E-state index contributed by atoms with van der Waals surface area (Å²) in [5.74, 6) is -0.695. The minimum atomic E-state index is -0.483. The van der Waals surface area contributed by atoms with Crippen molar-refractivity contribution in [1.82, 2.24) is 9.97 Å². The van der Waals surface area contributed by atoms with Crippen molar-refractivity contribution in [2.24, 2.45) is 0 Å². The van der Waals surface area contributed by atoms with Crippen LogP contribution in [0.4, 0.5) is 10.1 Å². The SMILES string of the molecule is CCC(=O)N(C)c1ccc(-c2ccc(C(=O)CCc3ccc(C)nc3)nc2)cc1F. The molecule has 0 spiro atoms. The van der Waals surface area contributed by atoms with E-state index in [1.165, 1.54) is 11.0 Å². The quantitative estimate of drug-likeness (QED) is 0.531. The molecule has 0 N–H and O–H groups in total. The van der Waals surface area contributed by atoms with Crippen LogP contribution in [-0.4, -0.2) is 28.7 Å². The number of aromatic nitrogens is 2. The number of nitrogens with zero attached hydrogens (tertiary/aromatic N) is 3. The smallest absolute Gasteiger partial charge is 0.226 e. The summed E-state index contributed by atoms with van der Waals surface area (Å²) in [6.07, 6.45) is 4.60. The maximum absolute atomic E-state index is 14.5. The predicted molar refractivity (Wildman–Crippen MR) is 115 cm³/mol. The van der Waals surface area contributed by atoms with Gasteiger partial charge in [0.2, 0.25) is 5.91 Å². The molecule has 0 saturated heterocycles. The number of amides is 1. The van der Waals surface area contributed by atoms with Crippen LogP contribution in [0.3, 0.4) is 0 Å². The summed E-state index contributed by atoms with van der Waals surface area (Å²) in [5, 5.41) is 0. The van der Waals surface area contributed by atoms with E-state index in [-0.39, 0.29) is 17.4 Å². The second-order valence-electron chi connectivity index (χ2n) is 7.14. The molecule has 3 rings (SSSR count). The lowest BCUT2D eigenvalue weighted by molar-refractivity contribution is -0.118. The molecule has 0 radical (unpaired) electrons. The fourth-order valence-corrected chi connectivity index (χ4v) is 3.09. The number of benzene rings is 1. The average Bonchev–Trinajstić information content (AvgIpc) is 2.77. The number of ketones is 1. The third kappa shape index (κ3) is 4.95. The van der Waals surface area contributed by atoms with Gasteiger partial charge in [-0.15, -0.1) is 0 Å². The molecule has 3 aromatic rings. The largest absolute Gasteiger partial charge is 0.313 e. The minimum absolute atomic E-state index is 0.0524. The highest BCUT2D eigenvalue weighted by Crippen LogP contribution is 2.26. The molecule has 0 unspecified atom stereocenters. The molecule has 154 valence electrons. The van der Waals surface area contributed by atoms with E-state index in [1.807, 2.05) is 19.1 Å². The van der Waals surface area contributed by atoms with Gasteiger partial charge in [0.1, 0.15) is 11.5 Å². The topological polar surface area (TPSA) is 63.2 Å². The lowest BCUT2D eigenvalue weighted by Crippen LogP contribution is -2.25. The van der Waals surface area contributed by atoms with Crippen molar-refractivity contribution in [2.75, 3.05) is 11.9 Å². The molecule has 0 aliphatic rings. The third-order valence-electron chi connectivity index (χ3n) is 4.98. The van der Waals surface area contributed by atoms with E-state index < -0.39 is 5.82 Å². The van der Waals surface area contributed by atoms with Gasteiger partial charge < -0.3 is 4.90 Å². The summed E-state index contributed by atoms with van der Waals surface area (Å²) in [4.78, 5) is 34.0. The Hall–Kier alpha value is -3.41. The van der Waals surface area contributed by atoms with Gasteiger partial charge in [0.05, 0.1) is 5.69 Å². The number of anilines is 1. The number of pyridine rings is 2. The fourth-order valence-electron chi connectivity index (χ4n) is 3.09. The number of rotatable bonds is 7. The number of hydrogen-bond donors (Lipinski definition) is 0. The van der Waals surface area contributed by atoms with Gasteiger partial charge in [-0.3, -0.25) is 19.6 Å². The second kappa shape index (κ2) is 9.39. The summed E-state index contributed by atoms with van der Waals surface area (Å²) in [7, 11) is 1.55. The molecule has 5 nitrogen and oxygen atoms in total. The molecule has 0 bridgehead atoms. The first-order chi connectivity index (χ1) is 14.4. The van der Waals surface area contributed by atoms with Gasteiger partial charge in [-0.05, 0) is 48.7 Å². The highest BCUT2D eigenvalue weighted by atomic mass is 19.1. The Balaban J connectivity index is 1.69. The summed E-state index contributed by atoms with van der Waals surface area (Å²) in [6, 6.07) is 12.0. The zero-order valence-corrected chi connectivity index (χ0v) is 17.4. The second-order valence-corrected chi connectivity index (χ2v) is 7.14. The first kappa shape index (κ1) is 21.3. The molecule has 1 amide bonds. The van der Waals surface area contributed by atoms with E-state index in [1.54, 1.807) is 50.6 Å². The number of halogens is 1. The van der Waals surface area contributed by atoms with Crippen LogP contribution in [0.15, 0.2) is 54.9 Å². The molecule has 2 aromatic heterocycles. The van der Waals surface area contributed by atoms with Crippen molar-refractivity contribution >= 4 is 17.4 Å². The zero-order valence-electron chi connectivity index (χ0n) is 17.4. The maximum Gasteiger partial charge on any atom is 0.226 e. The molecule has 2 heterocycles. The van der Waals surface area contributed by atoms with E-state index in [9.17, 15) is 14.0 Å². The Morgan fingerprint density at radius 1 is 1.00 bits per heavy atom. The third-order valence-corrected chi connectivity index (χ3v) is 4.98. The van der Waals surface area contributed by atoms with Crippen molar-refractivity contribution in [3.05, 3.63) is 77.6 Å². The van der Waals surface area contributed by atoms with Gasteiger partial charge in [0.25, 0.3) is 0 Å². The van der Waals surface area contributed by atoms with Gasteiger partial charge >= 0.3 is 0 Å². The number of hydrogen-bond acceptors (Lipinski definition) is 4. The predicted octanol–water partition coefficient (Wildman–Crippen LogP) is 4.78. The van der Waals surface area contributed by atoms with Crippen LogP contribution in [0.1, 0.15) is 41.5 Å². The Labute approximate surface area is 175 Å². The van der Waals surface area contributed by atoms with E-state index in [0.717, 1.165) is 11.3 Å². The summed E-state index contributed by atoms with van der Waals surface area (Å²) >= 11 is 0. The van der Waals surface area contributed by atoms with E-state index in [0.29, 0.717) is 36.1 Å². The fraction of sp³-hybridized carbons (Fsp3) is 0.250. The number of carbonyl (C=O) groups excluding carboxylic acids is 2. The van der Waals surface area contributed by atoms with Crippen LogP contribution in [0.25, 0.3) is 11.1 Å². The molecule has 1 aromatic carbocycles. The molecule has 0 atom stereocenters. The Morgan fingerprint density at radius 3 is 2.37 bits per heavy atom. The van der Waals surface area contributed by atoms with Crippen molar-refractivity contribution < 1.29 is 14.0 Å². The van der Waals surface area contributed by atoms with Gasteiger partial charge in [-0.2, -0.15) is 0 Å².